The number of halogens is 1. The summed E-state index contributed by atoms with van der Waals surface area (Å²) in [6.45, 7) is 5.95. The van der Waals surface area contributed by atoms with Gasteiger partial charge in [-0.1, -0.05) is 19.4 Å². The summed E-state index contributed by atoms with van der Waals surface area (Å²) in [5, 5.41) is 0. The fraction of sp³-hybridized carbons (Fsp3) is 0.750. The molecule has 0 saturated carbocycles. The maximum absolute atomic E-state index is 13.1. The van der Waals surface area contributed by atoms with Crippen molar-refractivity contribution in [3.8, 4) is 0 Å². The number of allylic oxidation sites excluding steroid dienone is 1. The van der Waals surface area contributed by atoms with Gasteiger partial charge in [-0.25, -0.2) is 4.39 Å². The van der Waals surface area contributed by atoms with Crippen LogP contribution in [-0.2, 0) is 0 Å². The highest BCUT2D eigenvalue weighted by atomic mass is 19.1. The van der Waals surface area contributed by atoms with E-state index < -0.39 is 6.17 Å². The molecular formula is C12H22FN. The van der Waals surface area contributed by atoms with Crippen LogP contribution in [-0.4, -0.2) is 11.9 Å². The zero-order chi connectivity index (χ0) is 10.8. The van der Waals surface area contributed by atoms with Crippen molar-refractivity contribution in [1.82, 2.24) is 0 Å². The van der Waals surface area contributed by atoms with E-state index in [0.717, 1.165) is 25.0 Å². The SMILES string of the molecule is C/C=C\N=C(C)CCCC(F)CCC. The van der Waals surface area contributed by atoms with Gasteiger partial charge < -0.3 is 0 Å². The van der Waals surface area contributed by atoms with Crippen LogP contribution >= 0.6 is 0 Å². The second kappa shape index (κ2) is 8.92. The van der Waals surface area contributed by atoms with Crippen LogP contribution in [0.2, 0.25) is 0 Å². The van der Waals surface area contributed by atoms with E-state index in [1.807, 2.05) is 26.8 Å². The Bertz CT molecular complexity index is 185. The van der Waals surface area contributed by atoms with Crippen molar-refractivity contribution >= 4 is 5.71 Å². The smallest absolute Gasteiger partial charge is 0.100 e. The largest absolute Gasteiger partial charge is 0.266 e. The molecule has 82 valence electrons. The Morgan fingerprint density at radius 2 is 2.14 bits per heavy atom. The quantitative estimate of drug-likeness (QED) is 0.542. The van der Waals surface area contributed by atoms with E-state index in [9.17, 15) is 4.39 Å². The molecule has 0 aromatic rings. The topological polar surface area (TPSA) is 12.4 Å². The number of nitrogens with zero attached hydrogens (tertiary/aromatic N) is 1. The van der Waals surface area contributed by atoms with Gasteiger partial charge in [-0.3, -0.25) is 4.99 Å². The fourth-order valence-corrected chi connectivity index (χ4v) is 1.30. The molecule has 0 spiro atoms. The summed E-state index contributed by atoms with van der Waals surface area (Å²) in [6.07, 6.45) is 7.21. The highest BCUT2D eigenvalue weighted by Crippen LogP contribution is 2.10. The van der Waals surface area contributed by atoms with Crippen molar-refractivity contribution in [3.63, 3.8) is 0 Å². The molecule has 0 N–H and O–H groups in total. The van der Waals surface area contributed by atoms with Crippen molar-refractivity contribution in [1.29, 1.82) is 0 Å². The first-order valence-electron chi connectivity index (χ1n) is 5.49. The van der Waals surface area contributed by atoms with Crippen LogP contribution in [0.5, 0.6) is 0 Å². The second-order valence-electron chi connectivity index (χ2n) is 3.62. The molecule has 1 atom stereocenters. The highest BCUT2D eigenvalue weighted by Gasteiger charge is 2.04. The number of alkyl halides is 1. The zero-order valence-corrected chi connectivity index (χ0v) is 9.59. The van der Waals surface area contributed by atoms with Crippen LogP contribution in [0.3, 0.4) is 0 Å². The standard InChI is InChI=1S/C12H22FN/c1-4-7-12(13)9-6-8-11(3)14-10-5-2/h5,10,12H,4,6-9H2,1-3H3/b10-5-,14-11?. The molecule has 0 rings (SSSR count). The van der Waals surface area contributed by atoms with Gasteiger partial charge in [0.2, 0.25) is 0 Å². The molecule has 0 amide bonds. The normalized spacial score (nSPS) is 15.0. The van der Waals surface area contributed by atoms with Gasteiger partial charge >= 0.3 is 0 Å². The first-order valence-corrected chi connectivity index (χ1v) is 5.49. The molecule has 14 heavy (non-hydrogen) atoms. The molecule has 0 bridgehead atoms. The number of rotatable bonds is 7. The van der Waals surface area contributed by atoms with Gasteiger partial charge in [-0.2, -0.15) is 0 Å². The molecule has 0 saturated heterocycles. The number of hydrogen-bond acceptors (Lipinski definition) is 1. The van der Waals surface area contributed by atoms with E-state index >= 15 is 0 Å². The molecular weight excluding hydrogens is 177 g/mol. The van der Waals surface area contributed by atoms with E-state index in [1.54, 1.807) is 6.20 Å². The molecule has 0 aromatic carbocycles. The summed E-state index contributed by atoms with van der Waals surface area (Å²) < 4.78 is 13.1. The predicted octanol–water partition coefficient (Wildman–Crippen LogP) is 4.29. The van der Waals surface area contributed by atoms with Gasteiger partial charge in [0, 0.05) is 11.9 Å². The van der Waals surface area contributed by atoms with Gasteiger partial charge in [0.25, 0.3) is 0 Å². The molecule has 0 radical (unpaired) electrons. The molecule has 0 aliphatic carbocycles. The summed E-state index contributed by atoms with van der Waals surface area (Å²) >= 11 is 0. The predicted molar refractivity (Wildman–Crippen MR) is 61.6 cm³/mol. The lowest BCUT2D eigenvalue weighted by Gasteiger charge is -2.05. The number of hydrogen-bond donors (Lipinski definition) is 0. The molecule has 0 heterocycles. The molecule has 0 aromatic heterocycles. The third-order valence-electron chi connectivity index (χ3n) is 2.10. The first kappa shape index (κ1) is 13.3. The van der Waals surface area contributed by atoms with E-state index in [0.29, 0.717) is 12.8 Å². The minimum absolute atomic E-state index is 0.616. The van der Waals surface area contributed by atoms with Crippen LogP contribution in [0.15, 0.2) is 17.3 Å². The summed E-state index contributed by atoms with van der Waals surface area (Å²) in [6, 6.07) is 0. The van der Waals surface area contributed by atoms with E-state index in [4.69, 9.17) is 0 Å². The monoisotopic (exact) mass is 199 g/mol. The molecule has 1 unspecified atom stereocenters. The van der Waals surface area contributed by atoms with Gasteiger partial charge in [-0.15, -0.1) is 0 Å². The molecule has 0 aliphatic rings. The maximum atomic E-state index is 13.1. The van der Waals surface area contributed by atoms with Crippen LogP contribution in [0, 0.1) is 0 Å². The Hall–Kier alpha value is -0.660. The zero-order valence-electron chi connectivity index (χ0n) is 9.59. The lowest BCUT2D eigenvalue weighted by molar-refractivity contribution is 0.290. The summed E-state index contributed by atoms with van der Waals surface area (Å²) in [5.41, 5.74) is 1.09. The Labute approximate surface area is 87.1 Å². The molecule has 0 fully saturated rings. The van der Waals surface area contributed by atoms with Gasteiger partial charge in [-0.05, 0) is 39.5 Å². The van der Waals surface area contributed by atoms with Crippen molar-refractivity contribution in [2.45, 2.75) is 59.0 Å². The Kier molecular flexibility index (Phi) is 8.50. The van der Waals surface area contributed by atoms with E-state index in [1.165, 1.54) is 0 Å². The average Bonchev–Trinajstić information content (AvgIpc) is 2.15. The van der Waals surface area contributed by atoms with Gasteiger partial charge in [0.05, 0.1) is 0 Å². The van der Waals surface area contributed by atoms with E-state index in [2.05, 4.69) is 4.99 Å². The van der Waals surface area contributed by atoms with Crippen molar-refractivity contribution in [3.05, 3.63) is 12.3 Å². The third-order valence-corrected chi connectivity index (χ3v) is 2.10. The van der Waals surface area contributed by atoms with E-state index in [-0.39, 0.29) is 0 Å². The maximum Gasteiger partial charge on any atom is 0.100 e. The molecule has 1 nitrogen and oxygen atoms in total. The van der Waals surface area contributed by atoms with Crippen LogP contribution in [0.25, 0.3) is 0 Å². The molecule has 0 aliphatic heterocycles. The van der Waals surface area contributed by atoms with Crippen LogP contribution in [0.4, 0.5) is 4.39 Å². The Morgan fingerprint density at radius 3 is 2.71 bits per heavy atom. The average molecular weight is 199 g/mol. The second-order valence-corrected chi connectivity index (χ2v) is 3.62. The van der Waals surface area contributed by atoms with Crippen LogP contribution in [0.1, 0.15) is 52.9 Å². The van der Waals surface area contributed by atoms with Crippen LogP contribution < -0.4 is 0 Å². The van der Waals surface area contributed by atoms with Gasteiger partial charge in [0.1, 0.15) is 6.17 Å². The third kappa shape index (κ3) is 7.96. The lowest BCUT2D eigenvalue weighted by Crippen LogP contribution is -2.00. The Morgan fingerprint density at radius 1 is 1.43 bits per heavy atom. The van der Waals surface area contributed by atoms with Crippen molar-refractivity contribution in [2.24, 2.45) is 4.99 Å². The Balaban J connectivity index is 3.53. The van der Waals surface area contributed by atoms with Crippen molar-refractivity contribution < 1.29 is 4.39 Å². The summed E-state index contributed by atoms with van der Waals surface area (Å²) in [7, 11) is 0. The van der Waals surface area contributed by atoms with Gasteiger partial charge in [0.15, 0.2) is 0 Å². The minimum atomic E-state index is -0.616. The summed E-state index contributed by atoms with van der Waals surface area (Å²) in [5.74, 6) is 0. The first-order chi connectivity index (χ1) is 6.70. The summed E-state index contributed by atoms with van der Waals surface area (Å²) in [4.78, 5) is 4.20. The lowest BCUT2D eigenvalue weighted by atomic mass is 10.1. The highest BCUT2D eigenvalue weighted by molar-refractivity contribution is 5.82. The fourth-order valence-electron chi connectivity index (χ4n) is 1.30. The molecule has 2 heteroatoms. The minimum Gasteiger partial charge on any atom is -0.266 e. The van der Waals surface area contributed by atoms with Crippen molar-refractivity contribution in [2.75, 3.05) is 0 Å². The number of aliphatic imine (C=N–C) groups is 1.